The Morgan fingerprint density at radius 2 is 1.91 bits per heavy atom. The van der Waals surface area contributed by atoms with Crippen molar-refractivity contribution in [3.8, 4) is 0 Å². The van der Waals surface area contributed by atoms with Gasteiger partial charge in [-0.05, 0) is 37.5 Å². The minimum Gasteiger partial charge on any atom is -0.0651 e. The Hall–Kier alpha value is 0. The first-order valence-electron chi connectivity index (χ1n) is 5.11. The fourth-order valence-electron chi connectivity index (χ4n) is 2.29. The van der Waals surface area contributed by atoms with E-state index in [1.54, 1.807) is 0 Å². The smallest absolute Gasteiger partial charge is 0.0386 e. The van der Waals surface area contributed by atoms with Crippen LogP contribution < -0.4 is 0 Å². The molecule has 1 rings (SSSR count). The van der Waals surface area contributed by atoms with Crippen molar-refractivity contribution in [1.82, 2.24) is 0 Å². The molecule has 1 fully saturated rings. The first kappa shape index (κ1) is 9.09. The second-order valence-corrected chi connectivity index (χ2v) is 4.02. The summed E-state index contributed by atoms with van der Waals surface area (Å²) in [6.45, 7) is 8.85. The lowest BCUT2D eigenvalue weighted by atomic mass is 9.73. The maximum absolute atomic E-state index is 4.22. The van der Waals surface area contributed by atoms with E-state index in [1.165, 1.54) is 32.1 Å². The SMILES string of the molecule is [CH2]C1CCC(CC)CC1CC. The van der Waals surface area contributed by atoms with E-state index in [-0.39, 0.29) is 0 Å². The molecule has 65 valence electrons. The number of hydrogen-bond donors (Lipinski definition) is 0. The summed E-state index contributed by atoms with van der Waals surface area (Å²) < 4.78 is 0. The Morgan fingerprint density at radius 1 is 1.18 bits per heavy atom. The first-order valence-corrected chi connectivity index (χ1v) is 5.11. The van der Waals surface area contributed by atoms with Gasteiger partial charge in [-0.3, -0.25) is 0 Å². The fraction of sp³-hybridized carbons (Fsp3) is 0.909. The van der Waals surface area contributed by atoms with E-state index in [0.29, 0.717) is 0 Å². The third-order valence-corrected chi connectivity index (χ3v) is 3.35. The van der Waals surface area contributed by atoms with Crippen molar-refractivity contribution >= 4 is 0 Å². The Labute approximate surface area is 71.4 Å². The molecule has 0 saturated heterocycles. The van der Waals surface area contributed by atoms with Gasteiger partial charge in [0.25, 0.3) is 0 Å². The molecule has 0 amide bonds. The van der Waals surface area contributed by atoms with Crippen LogP contribution in [-0.2, 0) is 0 Å². The topological polar surface area (TPSA) is 0 Å². The molecule has 0 aromatic heterocycles. The van der Waals surface area contributed by atoms with Crippen LogP contribution in [0.3, 0.4) is 0 Å². The third-order valence-electron chi connectivity index (χ3n) is 3.35. The van der Waals surface area contributed by atoms with E-state index in [9.17, 15) is 0 Å². The van der Waals surface area contributed by atoms with E-state index >= 15 is 0 Å². The molecule has 0 aromatic carbocycles. The van der Waals surface area contributed by atoms with Crippen LogP contribution in [0.2, 0.25) is 0 Å². The zero-order chi connectivity index (χ0) is 8.27. The maximum Gasteiger partial charge on any atom is -0.0386 e. The summed E-state index contributed by atoms with van der Waals surface area (Å²) in [6, 6.07) is 0. The summed E-state index contributed by atoms with van der Waals surface area (Å²) in [5.41, 5.74) is 0. The highest BCUT2D eigenvalue weighted by atomic mass is 14.3. The van der Waals surface area contributed by atoms with Crippen molar-refractivity contribution in [3.63, 3.8) is 0 Å². The average molecular weight is 153 g/mol. The number of hydrogen-bond acceptors (Lipinski definition) is 0. The molecular formula is C11H21. The molecule has 0 nitrogen and oxygen atoms in total. The van der Waals surface area contributed by atoms with Crippen LogP contribution in [-0.4, -0.2) is 0 Å². The summed E-state index contributed by atoms with van der Waals surface area (Å²) >= 11 is 0. The van der Waals surface area contributed by atoms with Crippen LogP contribution in [0.1, 0.15) is 46.0 Å². The summed E-state index contributed by atoms with van der Waals surface area (Å²) in [5, 5.41) is 0. The van der Waals surface area contributed by atoms with Gasteiger partial charge in [-0.2, -0.15) is 0 Å². The van der Waals surface area contributed by atoms with Crippen LogP contribution in [0.25, 0.3) is 0 Å². The standard InChI is InChI=1S/C11H21/c1-4-10-7-6-9(3)11(5-2)8-10/h9-11H,3-8H2,1-2H3. The largest absolute Gasteiger partial charge is 0.0651 e. The van der Waals surface area contributed by atoms with Gasteiger partial charge in [0, 0.05) is 0 Å². The van der Waals surface area contributed by atoms with Gasteiger partial charge in [0.2, 0.25) is 0 Å². The van der Waals surface area contributed by atoms with Crippen LogP contribution in [0, 0.1) is 24.7 Å². The summed E-state index contributed by atoms with van der Waals surface area (Å²) in [4.78, 5) is 0. The molecule has 0 bridgehead atoms. The van der Waals surface area contributed by atoms with Gasteiger partial charge in [0.1, 0.15) is 0 Å². The molecule has 1 aliphatic carbocycles. The monoisotopic (exact) mass is 153 g/mol. The van der Waals surface area contributed by atoms with Gasteiger partial charge >= 0.3 is 0 Å². The molecule has 0 heterocycles. The van der Waals surface area contributed by atoms with Crippen LogP contribution in [0.5, 0.6) is 0 Å². The van der Waals surface area contributed by atoms with Crippen molar-refractivity contribution in [2.75, 3.05) is 0 Å². The van der Waals surface area contributed by atoms with Crippen LogP contribution in [0.15, 0.2) is 0 Å². The van der Waals surface area contributed by atoms with Gasteiger partial charge in [-0.1, -0.05) is 33.1 Å². The molecule has 1 saturated carbocycles. The highest BCUT2D eigenvalue weighted by Crippen LogP contribution is 2.36. The molecule has 0 spiro atoms. The fourth-order valence-corrected chi connectivity index (χ4v) is 2.29. The predicted molar refractivity (Wildman–Crippen MR) is 50.3 cm³/mol. The van der Waals surface area contributed by atoms with Crippen molar-refractivity contribution in [1.29, 1.82) is 0 Å². The molecule has 3 unspecified atom stereocenters. The normalized spacial score (nSPS) is 39.0. The van der Waals surface area contributed by atoms with Crippen LogP contribution >= 0.6 is 0 Å². The highest BCUT2D eigenvalue weighted by molar-refractivity contribution is 4.79. The molecule has 11 heavy (non-hydrogen) atoms. The molecule has 1 radical (unpaired) electrons. The Kier molecular flexibility index (Phi) is 3.42. The van der Waals surface area contributed by atoms with E-state index in [1.807, 2.05) is 0 Å². The van der Waals surface area contributed by atoms with E-state index < -0.39 is 0 Å². The lowest BCUT2D eigenvalue weighted by Crippen LogP contribution is -2.22. The Balaban J connectivity index is 2.37. The average Bonchev–Trinajstić information content (AvgIpc) is 2.05. The number of rotatable bonds is 2. The van der Waals surface area contributed by atoms with Crippen LogP contribution in [0.4, 0.5) is 0 Å². The van der Waals surface area contributed by atoms with Gasteiger partial charge in [0.05, 0.1) is 0 Å². The zero-order valence-electron chi connectivity index (χ0n) is 7.97. The van der Waals surface area contributed by atoms with Gasteiger partial charge < -0.3 is 0 Å². The molecule has 0 aromatic rings. The molecule has 0 heteroatoms. The molecule has 3 atom stereocenters. The van der Waals surface area contributed by atoms with Crippen molar-refractivity contribution in [2.45, 2.75) is 46.0 Å². The van der Waals surface area contributed by atoms with E-state index in [4.69, 9.17) is 0 Å². The molecule has 0 N–H and O–H groups in total. The summed E-state index contributed by atoms with van der Waals surface area (Å²) in [7, 11) is 0. The minimum absolute atomic E-state index is 0.753. The summed E-state index contributed by atoms with van der Waals surface area (Å²) in [5.74, 6) is 2.69. The predicted octanol–water partition coefficient (Wildman–Crippen LogP) is 3.67. The second kappa shape index (κ2) is 4.13. The van der Waals surface area contributed by atoms with Gasteiger partial charge in [0.15, 0.2) is 0 Å². The minimum atomic E-state index is 0.753. The van der Waals surface area contributed by atoms with Crippen molar-refractivity contribution < 1.29 is 0 Å². The zero-order valence-corrected chi connectivity index (χ0v) is 7.97. The molecule has 0 aliphatic heterocycles. The lowest BCUT2D eigenvalue weighted by molar-refractivity contribution is 0.202. The summed E-state index contributed by atoms with van der Waals surface area (Å²) in [6.07, 6.45) is 6.97. The second-order valence-electron chi connectivity index (χ2n) is 4.02. The Bertz CT molecular complexity index is 107. The van der Waals surface area contributed by atoms with Crippen molar-refractivity contribution in [2.24, 2.45) is 17.8 Å². The van der Waals surface area contributed by atoms with Gasteiger partial charge in [-0.25, -0.2) is 0 Å². The van der Waals surface area contributed by atoms with Gasteiger partial charge in [-0.15, -0.1) is 0 Å². The first-order chi connectivity index (χ1) is 5.27. The third kappa shape index (κ3) is 2.21. The Morgan fingerprint density at radius 3 is 2.45 bits per heavy atom. The molecule has 1 aliphatic rings. The van der Waals surface area contributed by atoms with E-state index in [2.05, 4.69) is 20.8 Å². The van der Waals surface area contributed by atoms with E-state index in [0.717, 1.165) is 17.8 Å². The maximum atomic E-state index is 4.22. The lowest BCUT2D eigenvalue weighted by Gasteiger charge is -2.33. The quantitative estimate of drug-likeness (QED) is 0.568. The van der Waals surface area contributed by atoms with Crippen molar-refractivity contribution in [3.05, 3.63) is 6.92 Å². The highest BCUT2D eigenvalue weighted by Gasteiger charge is 2.24. The molecular weight excluding hydrogens is 132 g/mol.